The number of nitrogens with one attached hydrogen (secondary N) is 2. The number of guanidine groups is 1. The van der Waals surface area contributed by atoms with E-state index in [1.807, 2.05) is 7.05 Å². The molecule has 6 nitrogen and oxygen atoms in total. The Kier molecular flexibility index (Phi) is 10.3. The van der Waals surface area contributed by atoms with Gasteiger partial charge in [-0.3, -0.25) is 9.89 Å². The van der Waals surface area contributed by atoms with Crippen molar-refractivity contribution in [2.75, 3.05) is 59.6 Å². The van der Waals surface area contributed by atoms with E-state index in [0.29, 0.717) is 12.0 Å². The first-order valence-corrected chi connectivity index (χ1v) is 8.14. The molecule has 0 saturated carbocycles. The second-order valence-electron chi connectivity index (χ2n) is 5.99. The highest BCUT2D eigenvalue weighted by Gasteiger charge is 2.16. The van der Waals surface area contributed by atoms with E-state index in [-0.39, 0.29) is 24.0 Å². The Morgan fingerprint density at radius 1 is 1.27 bits per heavy atom. The lowest BCUT2D eigenvalue weighted by Crippen LogP contribution is -2.45. The number of nitrogens with zero attached hydrogens (tertiary/aromatic N) is 2. The molecule has 0 radical (unpaired) electrons. The third-order valence-electron chi connectivity index (χ3n) is 4.04. The lowest BCUT2D eigenvalue weighted by Gasteiger charge is -2.29. The lowest BCUT2D eigenvalue weighted by molar-refractivity contribution is 0.0320. The predicted octanol–water partition coefficient (Wildman–Crippen LogP) is 0.917. The van der Waals surface area contributed by atoms with E-state index in [9.17, 15) is 0 Å². The number of ether oxygens (including phenoxy) is 2. The topological polar surface area (TPSA) is 58.1 Å². The molecule has 2 N–H and O–H groups in total. The third kappa shape index (κ3) is 7.43. The maximum Gasteiger partial charge on any atom is 0.191 e. The second-order valence-corrected chi connectivity index (χ2v) is 5.99. The maximum atomic E-state index is 5.61. The molecule has 2 fully saturated rings. The maximum absolute atomic E-state index is 5.61. The molecule has 7 heteroatoms. The van der Waals surface area contributed by atoms with Crippen molar-refractivity contribution in [2.24, 2.45) is 10.9 Å². The van der Waals surface area contributed by atoms with Crippen LogP contribution in [0.4, 0.5) is 0 Å². The van der Waals surface area contributed by atoms with Gasteiger partial charge in [0.15, 0.2) is 5.96 Å². The smallest absolute Gasteiger partial charge is 0.191 e. The average molecular weight is 426 g/mol. The first-order chi connectivity index (χ1) is 10.3. The van der Waals surface area contributed by atoms with Gasteiger partial charge in [-0.25, -0.2) is 0 Å². The van der Waals surface area contributed by atoms with Crippen molar-refractivity contribution in [3.63, 3.8) is 0 Å². The van der Waals surface area contributed by atoms with Crippen molar-refractivity contribution < 1.29 is 9.47 Å². The Hall–Kier alpha value is -0.120. The van der Waals surface area contributed by atoms with E-state index in [0.717, 1.165) is 64.9 Å². The Balaban J connectivity index is 0.00000242. The van der Waals surface area contributed by atoms with E-state index in [1.165, 1.54) is 6.42 Å². The molecule has 2 atom stereocenters. The van der Waals surface area contributed by atoms with Gasteiger partial charge >= 0.3 is 0 Å². The van der Waals surface area contributed by atoms with Crippen LogP contribution >= 0.6 is 24.0 Å². The molecule has 2 aliphatic rings. The number of hydrogen-bond donors (Lipinski definition) is 2. The first kappa shape index (κ1) is 19.9. The molecule has 2 saturated heterocycles. The number of halogens is 1. The second kappa shape index (κ2) is 11.4. The van der Waals surface area contributed by atoms with Crippen LogP contribution in [0.1, 0.15) is 19.8 Å². The average Bonchev–Trinajstić information content (AvgIpc) is 3.02. The standard InChI is InChI=1S/C15H30N4O2.HI/c1-13(12-19-5-8-20-9-6-19)10-17-15(16-2)18-11-14-4-3-7-21-14;/h13-14H,3-12H2,1-2H3,(H2,16,17,18);1H. The van der Waals surface area contributed by atoms with Crippen LogP contribution in [-0.2, 0) is 9.47 Å². The quantitative estimate of drug-likeness (QED) is 0.376. The summed E-state index contributed by atoms with van der Waals surface area (Å²) in [4.78, 5) is 6.74. The summed E-state index contributed by atoms with van der Waals surface area (Å²) in [6.07, 6.45) is 2.67. The lowest BCUT2D eigenvalue weighted by atomic mass is 10.1. The summed E-state index contributed by atoms with van der Waals surface area (Å²) < 4.78 is 11.0. The fourth-order valence-electron chi connectivity index (χ4n) is 2.80. The largest absolute Gasteiger partial charge is 0.379 e. The fourth-order valence-corrected chi connectivity index (χ4v) is 2.80. The van der Waals surface area contributed by atoms with Gasteiger partial charge in [0, 0.05) is 46.4 Å². The highest BCUT2D eigenvalue weighted by molar-refractivity contribution is 14.0. The van der Waals surface area contributed by atoms with Crippen LogP contribution in [0.25, 0.3) is 0 Å². The highest BCUT2D eigenvalue weighted by Crippen LogP contribution is 2.10. The van der Waals surface area contributed by atoms with Gasteiger partial charge in [-0.1, -0.05) is 6.92 Å². The van der Waals surface area contributed by atoms with Crippen LogP contribution in [-0.4, -0.2) is 76.6 Å². The van der Waals surface area contributed by atoms with Crippen molar-refractivity contribution in [1.82, 2.24) is 15.5 Å². The summed E-state index contributed by atoms with van der Waals surface area (Å²) in [7, 11) is 1.82. The number of hydrogen-bond acceptors (Lipinski definition) is 4. The molecule has 0 aromatic rings. The molecule has 0 aliphatic carbocycles. The molecule has 0 aromatic carbocycles. The minimum Gasteiger partial charge on any atom is -0.379 e. The van der Waals surface area contributed by atoms with Gasteiger partial charge in [-0.2, -0.15) is 0 Å². The van der Waals surface area contributed by atoms with Crippen LogP contribution in [0.15, 0.2) is 4.99 Å². The third-order valence-corrected chi connectivity index (χ3v) is 4.04. The van der Waals surface area contributed by atoms with Crippen LogP contribution in [0.2, 0.25) is 0 Å². The van der Waals surface area contributed by atoms with Crippen LogP contribution in [0.5, 0.6) is 0 Å². The summed E-state index contributed by atoms with van der Waals surface area (Å²) in [6, 6.07) is 0. The molecule has 2 heterocycles. The van der Waals surface area contributed by atoms with Gasteiger partial charge in [0.05, 0.1) is 19.3 Å². The molecule has 0 aromatic heterocycles. The normalized spacial score (nSPS) is 24.6. The summed E-state index contributed by atoms with van der Waals surface area (Å²) in [6.45, 7) is 9.89. The Morgan fingerprint density at radius 2 is 2.05 bits per heavy atom. The van der Waals surface area contributed by atoms with Crippen molar-refractivity contribution >= 4 is 29.9 Å². The van der Waals surface area contributed by atoms with Crippen LogP contribution in [0, 0.1) is 5.92 Å². The zero-order valence-electron chi connectivity index (χ0n) is 13.8. The van der Waals surface area contributed by atoms with Gasteiger partial charge in [0.2, 0.25) is 0 Å². The summed E-state index contributed by atoms with van der Waals surface area (Å²) >= 11 is 0. The zero-order chi connectivity index (χ0) is 14.9. The number of aliphatic imine (C=N–C) groups is 1. The van der Waals surface area contributed by atoms with E-state index in [4.69, 9.17) is 9.47 Å². The van der Waals surface area contributed by atoms with Gasteiger partial charge in [-0.05, 0) is 18.8 Å². The molecule has 22 heavy (non-hydrogen) atoms. The molecular formula is C15H31IN4O2. The van der Waals surface area contributed by atoms with Crippen molar-refractivity contribution in [3.05, 3.63) is 0 Å². The van der Waals surface area contributed by atoms with Crippen LogP contribution in [0.3, 0.4) is 0 Å². The minimum atomic E-state index is 0. The number of rotatable bonds is 6. The Bertz CT molecular complexity index is 319. The molecule has 0 bridgehead atoms. The summed E-state index contributed by atoms with van der Waals surface area (Å²) in [5, 5.41) is 6.76. The molecule has 0 amide bonds. The molecule has 2 unspecified atom stereocenters. The van der Waals surface area contributed by atoms with E-state index in [2.05, 4.69) is 27.4 Å². The van der Waals surface area contributed by atoms with E-state index < -0.39 is 0 Å². The minimum absolute atomic E-state index is 0. The molecule has 2 aliphatic heterocycles. The zero-order valence-corrected chi connectivity index (χ0v) is 16.2. The van der Waals surface area contributed by atoms with Crippen molar-refractivity contribution in [1.29, 1.82) is 0 Å². The van der Waals surface area contributed by atoms with E-state index in [1.54, 1.807) is 0 Å². The van der Waals surface area contributed by atoms with Gasteiger partial charge in [0.1, 0.15) is 0 Å². The van der Waals surface area contributed by atoms with Gasteiger partial charge < -0.3 is 20.1 Å². The van der Waals surface area contributed by atoms with Crippen molar-refractivity contribution in [3.8, 4) is 0 Å². The van der Waals surface area contributed by atoms with Crippen molar-refractivity contribution in [2.45, 2.75) is 25.9 Å². The number of morpholine rings is 1. The predicted molar refractivity (Wildman–Crippen MR) is 100 cm³/mol. The fraction of sp³-hybridized carbons (Fsp3) is 0.933. The monoisotopic (exact) mass is 426 g/mol. The van der Waals surface area contributed by atoms with Crippen LogP contribution < -0.4 is 10.6 Å². The molecule has 2 rings (SSSR count). The molecule has 130 valence electrons. The first-order valence-electron chi connectivity index (χ1n) is 8.14. The molecular weight excluding hydrogens is 395 g/mol. The summed E-state index contributed by atoms with van der Waals surface area (Å²) in [5.74, 6) is 1.46. The highest BCUT2D eigenvalue weighted by atomic mass is 127. The van der Waals surface area contributed by atoms with E-state index >= 15 is 0 Å². The SMILES string of the molecule is CN=C(NCC(C)CN1CCOCC1)NCC1CCCO1.I. The Labute approximate surface area is 151 Å². The van der Waals surface area contributed by atoms with Gasteiger partial charge in [-0.15, -0.1) is 24.0 Å². The summed E-state index contributed by atoms with van der Waals surface area (Å²) in [5.41, 5.74) is 0. The molecule has 0 spiro atoms. The van der Waals surface area contributed by atoms with Gasteiger partial charge in [0.25, 0.3) is 0 Å². The Morgan fingerprint density at radius 3 is 2.68 bits per heavy atom.